The lowest BCUT2D eigenvalue weighted by Gasteiger charge is -2.34. The molecule has 2 heterocycles. The molecule has 0 saturated carbocycles. The zero-order valence-corrected chi connectivity index (χ0v) is 16.9. The summed E-state index contributed by atoms with van der Waals surface area (Å²) >= 11 is 0. The van der Waals surface area contributed by atoms with Crippen LogP contribution in [0.15, 0.2) is 47.5 Å². The van der Waals surface area contributed by atoms with Gasteiger partial charge in [-0.1, -0.05) is 25.5 Å². The first-order valence-corrected chi connectivity index (χ1v) is 11.0. The van der Waals surface area contributed by atoms with Gasteiger partial charge in [-0.25, -0.2) is 13.1 Å². The van der Waals surface area contributed by atoms with E-state index in [1.54, 1.807) is 12.1 Å². The molecule has 148 valence electrons. The normalized spacial score (nSPS) is 17.1. The third-order valence-corrected chi connectivity index (χ3v) is 6.49. The van der Waals surface area contributed by atoms with E-state index >= 15 is 0 Å². The number of rotatable bonds is 8. The van der Waals surface area contributed by atoms with Crippen molar-refractivity contribution >= 4 is 10.0 Å². The number of benzene rings is 1. The van der Waals surface area contributed by atoms with Crippen molar-refractivity contribution in [2.75, 3.05) is 32.8 Å². The summed E-state index contributed by atoms with van der Waals surface area (Å²) in [5.74, 6) is 0. The Hall–Kier alpha value is -1.67. The minimum Gasteiger partial charge on any atom is -0.379 e. The fourth-order valence-electron chi connectivity index (χ4n) is 3.53. The Morgan fingerprint density at radius 2 is 1.85 bits per heavy atom. The van der Waals surface area contributed by atoms with Gasteiger partial charge in [0.2, 0.25) is 10.0 Å². The summed E-state index contributed by atoms with van der Waals surface area (Å²) in [5, 5.41) is 0. The van der Waals surface area contributed by atoms with Crippen molar-refractivity contribution in [3.05, 3.63) is 53.9 Å². The molecule has 1 fully saturated rings. The molecule has 0 bridgehead atoms. The van der Waals surface area contributed by atoms with E-state index in [9.17, 15) is 8.42 Å². The van der Waals surface area contributed by atoms with Gasteiger partial charge >= 0.3 is 0 Å². The van der Waals surface area contributed by atoms with Gasteiger partial charge in [0.1, 0.15) is 0 Å². The maximum Gasteiger partial charge on any atom is 0.240 e. The Labute approximate surface area is 162 Å². The van der Waals surface area contributed by atoms with Gasteiger partial charge in [0, 0.05) is 38.6 Å². The maximum absolute atomic E-state index is 12.8. The molecule has 0 spiro atoms. The summed E-state index contributed by atoms with van der Waals surface area (Å²) in [6.45, 7) is 5.38. The molecule has 1 unspecified atom stereocenters. The second-order valence-electron chi connectivity index (χ2n) is 6.95. The lowest BCUT2D eigenvalue weighted by atomic mass is 10.1. The van der Waals surface area contributed by atoms with Crippen LogP contribution in [0.1, 0.15) is 30.6 Å². The second-order valence-corrected chi connectivity index (χ2v) is 8.72. The van der Waals surface area contributed by atoms with Crippen molar-refractivity contribution in [3.8, 4) is 0 Å². The maximum atomic E-state index is 12.8. The average Bonchev–Trinajstić information content (AvgIpc) is 3.09. The molecule has 0 radical (unpaired) electrons. The van der Waals surface area contributed by atoms with E-state index in [-0.39, 0.29) is 6.04 Å². The number of hydrogen-bond acceptors (Lipinski definition) is 4. The average molecular weight is 392 g/mol. The van der Waals surface area contributed by atoms with E-state index in [1.165, 1.54) is 0 Å². The Morgan fingerprint density at radius 1 is 1.15 bits per heavy atom. The molecule has 1 aliphatic rings. The standard InChI is InChI=1S/C20H29N3O3S/c1-3-5-17-7-9-18(10-8-17)27(24,25)21-16-20(19-6-4-11-22(19)2)23-12-14-26-15-13-23/h4,6-11,20-21H,3,5,12-16H2,1-2H3. The number of nitrogens with one attached hydrogen (secondary N) is 1. The topological polar surface area (TPSA) is 63.6 Å². The minimum atomic E-state index is -3.55. The van der Waals surface area contributed by atoms with Gasteiger partial charge in [-0.15, -0.1) is 0 Å². The molecule has 0 amide bonds. The van der Waals surface area contributed by atoms with Crippen LogP contribution in [0.4, 0.5) is 0 Å². The fourth-order valence-corrected chi connectivity index (χ4v) is 4.56. The molecule has 27 heavy (non-hydrogen) atoms. The van der Waals surface area contributed by atoms with E-state index < -0.39 is 10.0 Å². The van der Waals surface area contributed by atoms with Crippen molar-refractivity contribution in [2.24, 2.45) is 7.05 Å². The van der Waals surface area contributed by atoms with Crippen LogP contribution in [0.25, 0.3) is 0 Å². The molecular weight excluding hydrogens is 362 g/mol. The zero-order valence-electron chi connectivity index (χ0n) is 16.1. The molecule has 7 heteroatoms. The molecule has 0 aliphatic carbocycles. The van der Waals surface area contributed by atoms with Crippen molar-refractivity contribution in [2.45, 2.75) is 30.7 Å². The molecule has 1 aromatic heterocycles. The molecule has 1 atom stereocenters. The number of sulfonamides is 1. The van der Waals surface area contributed by atoms with E-state index in [1.807, 2.05) is 42.1 Å². The van der Waals surface area contributed by atoms with E-state index in [0.717, 1.165) is 37.2 Å². The Kier molecular flexibility index (Phi) is 6.70. The molecular formula is C20H29N3O3S. The predicted molar refractivity (Wildman–Crippen MR) is 106 cm³/mol. The van der Waals surface area contributed by atoms with Crippen molar-refractivity contribution in [1.29, 1.82) is 0 Å². The van der Waals surface area contributed by atoms with E-state index in [4.69, 9.17) is 4.74 Å². The van der Waals surface area contributed by atoms with Crippen molar-refractivity contribution in [3.63, 3.8) is 0 Å². The predicted octanol–water partition coefficient (Wildman–Crippen LogP) is 2.33. The molecule has 1 saturated heterocycles. The van der Waals surface area contributed by atoms with Crippen molar-refractivity contribution < 1.29 is 13.2 Å². The summed E-state index contributed by atoms with van der Waals surface area (Å²) in [4.78, 5) is 2.60. The Bertz CT molecular complexity index is 824. The first kappa shape index (κ1) is 20.1. The Balaban J connectivity index is 1.74. The molecule has 3 rings (SSSR count). The highest BCUT2D eigenvalue weighted by Gasteiger charge is 2.26. The minimum absolute atomic E-state index is 0.0250. The quantitative estimate of drug-likeness (QED) is 0.750. The van der Waals surface area contributed by atoms with Crippen LogP contribution in [-0.4, -0.2) is 50.7 Å². The number of morpholine rings is 1. The Morgan fingerprint density at radius 3 is 2.44 bits per heavy atom. The highest BCUT2D eigenvalue weighted by Crippen LogP contribution is 2.22. The van der Waals surface area contributed by atoms with E-state index in [0.29, 0.717) is 24.7 Å². The molecule has 1 aliphatic heterocycles. The molecule has 1 aromatic carbocycles. The summed E-state index contributed by atoms with van der Waals surface area (Å²) in [6.07, 6.45) is 3.99. The molecule has 6 nitrogen and oxygen atoms in total. The largest absolute Gasteiger partial charge is 0.379 e. The number of aromatic nitrogens is 1. The van der Waals surface area contributed by atoms with Crippen LogP contribution in [0.5, 0.6) is 0 Å². The summed E-state index contributed by atoms with van der Waals surface area (Å²) < 4.78 is 35.9. The highest BCUT2D eigenvalue weighted by atomic mass is 32.2. The number of nitrogens with zero attached hydrogens (tertiary/aromatic N) is 2. The molecule has 1 N–H and O–H groups in total. The second kappa shape index (κ2) is 9.01. The van der Waals surface area contributed by atoms with Crippen LogP contribution in [0.3, 0.4) is 0 Å². The number of hydrogen-bond donors (Lipinski definition) is 1. The first-order valence-electron chi connectivity index (χ1n) is 9.53. The summed E-state index contributed by atoms with van der Waals surface area (Å²) in [5.41, 5.74) is 2.25. The fraction of sp³-hybridized carbons (Fsp3) is 0.500. The van der Waals surface area contributed by atoms with Gasteiger partial charge < -0.3 is 9.30 Å². The van der Waals surface area contributed by atoms with Gasteiger partial charge in [-0.05, 0) is 36.2 Å². The summed E-state index contributed by atoms with van der Waals surface area (Å²) in [6, 6.07) is 11.2. The third kappa shape index (κ3) is 4.99. The van der Waals surface area contributed by atoms with Gasteiger partial charge in [-0.3, -0.25) is 4.90 Å². The lowest BCUT2D eigenvalue weighted by molar-refractivity contribution is 0.0158. The smallest absolute Gasteiger partial charge is 0.240 e. The lowest BCUT2D eigenvalue weighted by Crippen LogP contribution is -2.44. The van der Waals surface area contributed by atoms with E-state index in [2.05, 4.69) is 16.5 Å². The van der Waals surface area contributed by atoms with Crippen LogP contribution in [0.2, 0.25) is 0 Å². The summed E-state index contributed by atoms with van der Waals surface area (Å²) in [7, 11) is -1.56. The monoisotopic (exact) mass is 391 g/mol. The van der Waals surface area contributed by atoms with Crippen LogP contribution in [-0.2, 0) is 28.2 Å². The van der Waals surface area contributed by atoms with Crippen LogP contribution in [0, 0.1) is 0 Å². The first-order chi connectivity index (χ1) is 13.0. The van der Waals surface area contributed by atoms with Gasteiger partial charge in [-0.2, -0.15) is 0 Å². The van der Waals surface area contributed by atoms with Crippen LogP contribution < -0.4 is 4.72 Å². The number of ether oxygens (including phenoxy) is 1. The van der Waals surface area contributed by atoms with Crippen molar-refractivity contribution in [1.82, 2.24) is 14.2 Å². The zero-order chi connectivity index (χ0) is 19.3. The van der Waals surface area contributed by atoms with Gasteiger partial charge in [0.25, 0.3) is 0 Å². The molecule has 2 aromatic rings. The number of aryl methyl sites for hydroxylation is 2. The highest BCUT2D eigenvalue weighted by molar-refractivity contribution is 7.89. The third-order valence-electron chi connectivity index (χ3n) is 5.05. The van der Waals surface area contributed by atoms with Gasteiger partial charge in [0.15, 0.2) is 0 Å². The van der Waals surface area contributed by atoms with Gasteiger partial charge in [0.05, 0.1) is 24.2 Å². The van der Waals surface area contributed by atoms with Crippen LogP contribution >= 0.6 is 0 Å². The SMILES string of the molecule is CCCc1ccc(S(=O)(=O)NCC(c2cccn2C)N2CCOCC2)cc1.